The number of methoxy groups -OCH3 is 1. The second-order valence-electron chi connectivity index (χ2n) is 5.85. The van der Waals surface area contributed by atoms with Crippen LogP contribution in [0.15, 0.2) is 11.6 Å². The average molecular weight is 265 g/mol. The Hall–Kier alpha value is -1.32. The predicted octanol–water partition coefficient (Wildman–Crippen LogP) is 2.43. The number of fused-ring (bicyclic) bond motifs is 1. The number of unbranched alkanes of at least 4 members (excludes halogenated alkanes) is 1. The Morgan fingerprint density at radius 3 is 3.00 bits per heavy atom. The van der Waals surface area contributed by atoms with Gasteiger partial charge in [0.1, 0.15) is 0 Å². The molecule has 2 heterocycles. The normalized spacial score (nSPS) is 26.1. The van der Waals surface area contributed by atoms with E-state index in [1.165, 1.54) is 12.7 Å². The predicted molar refractivity (Wildman–Crippen MR) is 72.5 cm³/mol. The highest BCUT2D eigenvalue weighted by Crippen LogP contribution is 2.39. The van der Waals surface area contributed by atoms with E-state index in [0.29, 0.717) is 6.42 Å². The summed E-state index contributed by atoms with van der Waals surface area (Å²) in [7, 11) is 1.42. The van der Waals surface area contributed by atoms with Gasteiger partial charge >= 0.3 is 5.97 Å². The molecule has 4 heteroatoms. The summed E-state index contributed by atoms with van der Waals surface area (Å²) in [5.41, 5.74) is 1.29. The number of ether oxygens (including phenoxy) is 1. The highest BCUT2D eigenvalue weighted by atomic mass is 16.5. The molecule has 0 N–H and O–H groups in total. The van der Waals surface area contributed by atoms with Gasteiger partial charge in [0, 0.05) is 24.6 Å². The second-order valence-corrected chi connectivity index (χ2v) is 5.85. The van der Waals surface area contributed by atoms with Crippen LogP contribution in [0.3, 0.4) is 0 Å². The van der Waals surface area contributed by atoms with Gasteiger partial charge in [-0.3, -0.25) is 9.59 Å². The number of hydrogen-bond donors (Lipinski definition) is 0. The van der Waals surface area contributed by atoms with Crippen LogP contribution in [0.2, 0.25) is 0 Å². The molecule has 0 unspecified atom stereocenters. The van der Waals surface area contributed by atoms with Crippen LogP contribution in [0.25, 0.3) is 0 Å². The summed E-state index contributed by atoms with van der Waals surface area (Å²) in [6, 6.07) is 0. The second kappa shape index (κ2) is 5.76. The van der Waals surface area contributed by atoms with Gasteiger partial charge in [-0.2, -0.15) is 0 Å². The van der Waals surface area contributed by atoms with Crippen molar-refractivity contribution < 1.29 is 14.3 Å². The molecule has 1 fully saturated rings. The molecule has 0 aromatic rings. The standard InChI is InChI=1S/C15H23NO3/c1-15-8-5-9-16(15)13(17)10-12(11-15)6-3-4-7-14(18)19-2/h10H,3-9,11H2,1-2H3/t15-/m0/s1. The van der Waals surface area contributed by atoms with Crippen LogP contribution >= 0.6 is 0 Å². The lowest BCUT2D eigenvalue weighted by Crippen LogP contribution is -2.47. The lowest BCUT2D eigenvalue weighted by atomic mass is 9.85. The van der Waals surface area contributed by atoms with Crippen molar-refractivity contribution in [1.82, 2.24) is 4.90 Å². The zero-order valence-electron chi connectivity index (χ0n) is 11.9. The summed E-state index contributed by atoms with van der Waals surface area (Å²) in [5, 5.41) is 0. The zero-order valence-corrected chi connectivity index (χ0v) is 11.9. The van der Waals surface area contributed by atoms with Gasteiger partial charge in [0.05, 0.1) is 7.11 Å². The minimum Gasteiger partial charge on any atom is -0.469 e. The third-order valence-electron chi connectivity index (χ3n) is 4.31. The molecule has 2 aliphatic heterocycles. The van der Waals surface area contributed by atoms with Gasteiger partial charge in [0.2, 0.25) is 5.91 Å². The van der Waals surface area contributed by atoms with E-state index in [4.69, 9.17) is 0 Å². The molecule has 106 valence electrons. The quantitative estimate of drug-likeness (QED) is 0.566. The Morgan fingerprint density at radius 2 is 2.26 bits per heavy atom. The summed E-state index contributed by atoms with van der Waals surface area (Å²) in [6.45, 7) is 3.10. The molecule has 1 atom stereocenters. The van der Waals surface area contributed by atoms with Crippen molar-refractivity contribution in [2.45, 2.75) is 57.4 Å². The molecule has 19 heavy (non-hydrogen) atoms. The molecule has 0 radical (unpaired) electrons. The Bertz CT molecular complexity index is 402. The van der Waals surface area contributed by atoms with Crippen LogP contribution in [0.5, 0.6) is 0 Å². The lowest BCUT2D eigenvalue weighted by molar-refractivity contribution is -0.140. The van der Waals surface area contributed by atoms with Gasteiger partial charge < -0.3 is 9.64 Å². The van der Waals surface area contributed by atoms with Crippen molar-refractivity contribution in [3.8, 4) is 0 Å². The first-order chi connectivity index (χ1) is 9.05. The van der Waals surface area contributed by atoms with E-state index in [-0.39, 0.29) is 17.4 Å². The Morgan fingerprint density at radius 1 is 1.47 bits per heavy atom. The van der Waals surface area contributed by atoms with Crippen LogP contribution in [-0.2, 0) is 14.3 Å². The molecule has 0 bridgehead atoms. The van der Waals surface area contributed by atoms with E-state index < -0.39 is 0 Å². The summed E-state index contributed by atoms with van der Waals surface area (Å²) in [5.74, 6) is 0.0249. The van der Waals surface area contributed by atoms with Crippen LogP contribution in [-0.4, -0.2) is 36.0 Å². The number of carbonyl (C=O) groups is 2. The number of hydrogen-bond acceptors (Lipinski definition) is 3. The molecule has 1 amide bonds. The van der Waals surface area contributed by atoms with E-state index in [1.54, 1.807) is 0 Å². The monoisotopic (exact) mass is 265 g/mol. The number of rotatable bonds is 5. The van der Waals surface area contributed by atoms with Crippen molar-refractivity contribution in [3.63, 3.8) is 0 Å². The van der Waals surface area contributed by atoms with Gasteiger partial charge in [-0.25, -0.2) is 0 Å². The van der Waals surface area contributed by atoms with Gasteiger partial charge in [-0.1, -0.05) is 5.57 Å². The van der Waals surface area contributed by atoms with Crippen molar-refractivity contribution in [2.24, 2.45) is 0 Å². The van der Waals surface area contributed by atoms with Crippen LogP contribution in [0, 0.1) is 0 Å². The van der Waals surface area contributed by atoms with Crippen molar-refractivity contribution in [1.29, 1.82) is 0 Å². The molecule has 0 saturated carbocycles. The Labute approximate surface area is 114 Å². The van der Waals surface area contributed by atoms with Gasteiger partial charge in [0.15, 0.2) is 0 Å². The van der Waals surface area contributed by atoms with Gasteiger partial charge in [-0.15, -0.1) is 0 Å². The van der Waals surface area contributed by atoms with E-state index >= 15 is 0 Å². The summed E-state index contributed by atoms with van der Waals surface area (Å²) in [4.78, 5) is 25.1. The fraction of sp³-hybridized carbons (Fsp3) is 0.733. The molecule has 0 aliphatic carbocycles. The largest absolute Gasteiger partial charge is 0.469 e. The first-order valence-corrected chi connectivity index (χ1v) is 7.13. The van der Waals surface area contributed by atoms with Crippen molar-refractivity contribution >= 4 is 11.9 Å². The summed E-state index contributed by atoms with van der Waals surface area (Å²) in [6.07, 6.45) is 8.21. The highest BCUT2D eigenvalue weighted by Gasteiger charge is 2.41. The molecule has 4 nitrogen and oxygen atoms in total. The van der Waals surface area contributed by atoms with Gasteiger partial charge in [-0.05, 0) is 45.4 Å². The molecular formula is C15H23NO3. The smallest absolute Gasteiger partial charge is 0.305 e. The third kappa shape index (κ3) is 3.17. The molecular weight excluding hydrogens is 242 g/mol. The third-order valence-corrected chi connectivity index (χ3v) is 4.31. The van der Waals surface area contributed by atoms with Crippen LogP contribution < -0.4 is 0 Å². The van der Waals surface area contributed by atoms with Crippen molar-refractivity contribution in [3.05, 3.63) is 11.6 Å². The molecule has 0 aromatic carbocycles. The van der Waals surface area contributed by atoms with Crippen LogP contribution in [0.4, 0.5) is 0 Å². The Balaban J connectivity index is 1.83. The minimum atomic E-state index is -0.150. The molecule has 0 spiro atoms. The van der Waals surface area contributed by atoms with E-state index in [0.717, 1.165) is 45.1 Å². The molecule has 0 aromatic heterocycles. The van der Waals surface area contributed by atoms with E-state index in [2.05, 4.69) is 11.7 Å². The van der Waals surface area contributed by atoms with Crippen molar-refractivity contribution in [2.75, 3.05) is 13.7 Å². The number of carbonyl (C=O) groups excluding carboxylic acids is 2. The molecule has 2 rings (SSSR count). The fourth-order valence-electron chi connectivity index (χ4n) is 3.26. The number of nitrogens with zero attached hydrogens (tertiary/aromatic N) is 1. The SMILES string of the molecule is COC(=O)CCCCC1=CC(=O)N2CCC[C@@]2(C)C1. The molecule has 2 aliphatic rings. The Kier molecular flexibility index (Phi) is 4.27. The minimum absolute atomic E-state index is 0.0452. The van der Waals surface area contributed by atoms with Gasteiger partial charge in [0.25, 0.3) is 0 Å². The topological polar surface area (TPSA) is 46.6 Å². The maximum Gasteiger partial charge on any atom is 0.305 e. The average Bonchev–Trinajstić information content (AvgIpc) is 2.76. The maximum atomic E-state index is 12.1. The van der Waals surface area contributed by atoms with E-state index in [1.807, 2.05) is 11.0 Å². The van der Waals surface area contributed by atoms with E-state index in [9.17, 15) is 9.59 Å². The highest BCUT2D eigenvalue weighted by molar-refractivity contribution is 5.90. The number of amides is 1. The zero-order chi connectivity index (χ0) is 13.9. The first-order valence-electron chi connectivity index (χ1n) is 7.13. The maximum absolute atomic E-state index is 12.1. The lowest BCUT2D eigenvalue weighted by Gasteiger charge is -2.39. The van der Waals surface area contributed by atoms with Crippen LogP contribution in [0.1, 0.15) is 51.9 Å². The summed E-state index contributed by atoms with van der Waals surface area (Å²) >= 11 is 0. The summed E-state index contributed by atoms with van der Waals surface area (Å²) < 4.78 is 4.62. The molecule has 1 saturated heterocycles. The first kappa shape index (κ1) is 14.1. The number of esters is 1. The fourth-order valence-corrected chi connectivity index (χ4v) is 3.26.